The van der Waals surface area contributed by atoms with Crippen molar-refractivity contribution >= 4 is 24.0 Å². The van der Waals surface area contributed by atoms with E-state index in [1.54, 1.807) is 0 Å². The number of rotatable bonds is 5. The Morgan fingerprint density at radius 1 is 1.50 bits per heavy atom. The van der Waals surface area contributed by atoms with Crippen LogP contribution < -0.4 is 11.1 Å². The van der Waals surface area contributed by atoms with Gasteiger partial charge in [0.05, 0.1) is 18.0 Å². The molecule has 0 atom stereocenters. The molecule has 0 aliphatic carbocycles. The van der Waals surface area contributed by atoms with Crippen molar-refractivity contribution in [1.82, 2.24) is 5.32 Å². The number of hydrogen-bond acceptors (Lipinski definition) is 4. The summed E-state index contributed by atoms with van der Waals surface area (Å²) in [7, 11) is 0. The second-order valence-corrected chi connectivity index (χ2v) is 4.00. The summed E-state index contributed by atoms with van der Waals surface area (Å²) >= 11 is 0. The number of nitrogens with two attached hydrogens (primary N) is 1. The molecule has 1 rings (SSSR count). The predicted molar refractivity (Wildman–Crippen MR) is 71.4 cm³/mol. The van der Waals surface area contributed by atoms with Gasteiger partial charge >= 0.3 is 0 Å². The molecule has 1 aromatic rings. The van der Waals surface area contributed by atoms with Gasteiger partial charge in [-0.1, -0.05) is 0 Å². The highest BCUT2D eigenvalue weighted by Crippen LogP contribution is 2.19. The van der Waals surface area contributed by atoms with Crippen molar-refractivity contribution in [3.8, 4) is 0 Å². The average Bonchev–Trinajstić information content (AvgIpc) is 2.35. The van der Waals surface area contributed by atoms with Crippen molar-refractivity contribution in [3.63, 3.8) is 0 Å². The number of hydrogen-bond donors (Lipinski definition) is 2. The van der Waals surface area contributed by atoms with Crippen LogP contribution >= 0.6 is 12.4 Å². The first-order chi connectivity index (χ1) is 8.76. The smallest absolute Gasteiger partial charge is 0.277 e. The topological polar surface area (TPSA) is 98.3 Å². The molecule has 1 aromatic carbocycles. The number of halogens is 3. The molecule has 3 N–H and O–H groups in total. The van der Waals surface area contributed by atoms with Gasteiger partial charge in [0.1, 0.15) is 0 Å². The third-order valence-corrected chi connectivity index (χ3v) is 2.46. The van der Waals surface area contributed by atoms with E-state index in [2.05, 4.69) is 0 Å². The number of nitrogens with one attached hydrogen (secondary N) is 1. The maximum absolute atomic E-state index is 12.8. The molecule has 0 aliphatic rings. The van der Waals surface area contributed by atoms with Crippen molar-refractivity contribution in [2.75, 3.05) is 13.1 Å². The van der Waals surface area contributed by atoms with E-state index in [0.717, 1.165) is 6.07 Å². The van der Waals surface area contributed by atoms with Crippen molar-refractivity contribution in [2.45, 2.75) is 12.8 Å². The number of alkyl halides is 2. The first kappa shape index (κ1) is 18.2. The summed E-state index contributed by atoms with van der Waals surface area (Å²) in [6.45, 7) is -0.283. The quantitative estimate of drug-likeness (QED) is 0.638. The number of benzene rings is 1. The first-order valence-electron chi connectivity index (χ1n) is 5.38. The van der Waals surface area contributed by atoms with Crippen molar-refractivity contribution in [1.29, 1.82) is 0 Å². The van der Waals surface area contributed by atoms with Crippen LogP contribution in [0.15, 0.2) is 18.2 Å². The molecule has 20 heavy (non-hydrogen) atoms. The van der Waals surface area contributed by atoms with Crippen molar-refractivity contribution in [3.05, 3.63) is 39.4 Å². The molecule has 0 saturated carbocycles. The molecular weight excluding hydrogens is 296 g/mol. The molecule has 0 heterocycles. The van der Waals surface area contributed by atoms with Crippen LogP contribution in [-0.4, -0.2) is 29.8 Å². The van der Waals surface area contributed by atoms with Gasteiger partial charge in [0.15, 0.2) is 0 Å². The largest absolute Gasteiger partial charge is 0.346 e. The van der Waals surface area contributed by atoms with Crippen LogP contribution in [0.4, 0.5) is 14.5 Å². The lowest BCUT2D eigenvalue weighted by atomic mass is 10.1. The lowest BCUT2D eigenvalue weighted by Crippen LogP contribution is -2.41. The zero-order valence-corrected chi connectivity index (χ0v) is 11.4. The molecule has 1 amide bonds. The van der Waals surface area contributed by atoms with Crippen LogP contribution in [0.5, 0.6) is 0 Å². The highest BCUT2D eigenvalue weighted by atomic mass is 35.5. The molecule has 112 valence electrons. The lowest BCUT2D eigenvalue weighted by molar-refractivity contribution is -0.385. The minimum absolute atomic E-state index is 0. The zero-order chi connectivity index (χ0) is 14.6. The van der Waals surface area contributed by atoms with E-state index in [1.807, 2.05) is 5.32 Å². The zero-order valence-electron chi connectivity index (χ0n) is 10.6. The monoisotopic (exact) mass is 309 g/mol. The Hall–Kier alpha value is -1.80. The predicted octanol–water partition coefficient (Wildman–Crippen LogP) is 1.65. The Kier molecular flexibility index (Phi) is 6.47. The minimum atomic E-state index is -3.18. The number of carbonyl (C=O) groups is 1. The maximum atomic E-state index is 12.8. The molecule has 0 aliphatic heterocycles. The van der Waals surface area contributed by atoms with Crippen molar-refractivity contribution in [2.24, 2.45) is 5.73 Å². The highest BCUT2D eigenvalue weighted by Gasteiger charge is 2.27. The summed E-state index contributed by atoms with van der Waals surface area (Å²) in [5, 5.41) is 12.6. The van der Waals surface area contributed by atoms with E-state index in [9.17, 15) is 23.7 Å². The number of nitro groups is 1. The van der Waals surface area contributed by atoms with E-state index in [4.69, 9.17) is 5.73 Å². The van der Waals surface area contributed by atoms with Gasteiger partial charge < -0.3 is 11.1 Å². The Morgan fingerprint density at radius 3 is 2.55 bits per heavy atom. The molecular formula is C11H14ClF2N3O3. The number of amides is 1. The third-order valence-electron chi connectivity index (χ3n) is 2.46. The fourth-order valence-corrected chi connectivity index (χ4v) is 1.39. The Morgan fingerprint density at radius 2 is 2.10 bits per heavy atom. The molecule has 6 nitrogen and oxygen atoms in total. The third kappa shape index (κ3) is 4.71. The Labute approximate surface area is 119 Å². The molecule has 0 saturated heterocycles. The summed E-state index contributed by atoms with van der Waals surface area (Å²) in [5.41, 5.74) is 5.06. The van der Waals surface area contributed by atoms with Crippen LogP contribution in [0.1, 0.15) is 15.9 Å². The van der Waals surface area contributed by atoms with Crippen LogP contribution in [0.3, 0.4) is 0 Å². The lowest BCUT2D eigenvalue weighted by Gasteiger charge is -2.14. The summed E-state index contributed by atoms with van der Waals surface area (Å²) < 4.78 is 25.7. The van der Waals surface area contributed by atoms with E-state index in [-0.39, 0.29) is 29.2 Å². The molecule has 0 bridgehead atoms. The van der Waals surface area contributed by atoms with E-state index in [0.29, 0.717) is 0 Å². The summed E-state index contributed by atoms with van der Waals surface area (Å²) in [4.78, 5) is 21.6. The number of nitro benzene ring substituents is 1. The van der Waals surface area contributed by atoms with Gasteiger partial charge in [-0.25, -0.2) is 8.78 Å². The minimum Gasteiger partial charge on any atom is -0.346 e. The number of nitrogens with zero attached hydrogens (tertiary/aromatic N) is 1. The van der Waals surface area contributed by atoms with Gasteiger partial charge in [0, 0.05) is 17.2 Å². The second kappa shape index (κ2) is 7.11. The molecule has 0 spiro atoms. The number of aryl methyl sites for hydroxylation is 1. The van der Waals surface area contributed by atoms with Gasteiger partial charge in [-0.05, 0) is 19.1 Å². The standard InChI is InChI=1S/C11H13F2N3O3.ClH/c1-7-4-8(2-3-9(7)16(18)19)10(17)15-6-11(12,13)5-14;/h2-4H,5-6,14H2,1H3,(H,15,17);1H. The molecule has 0 aromatic heterocycles. The van der Waals surface area contributed by atoms with E-state index >= 15 is 0 Å². The van der Waals surface area contributed by atoms with Gasteiger partial charge in [-0.15, -0.1) is 12.4 Å². The second-order valence-electron chi connectivity index (χ2n) is 4.00. The molecule has 0 unspecified atom stereocenters. The van der Waals surface area contributed by atoms with E-state index < -0.39 is 29.8 Å². The Balaban J connectivity index is 0.00000361. The average molecular weight is 310 g/mol. The van der Waals surface area contributed by atoms with Gasteiger partial charge in [-0.3, -0.25) is 14.9 Å². The molecule has 0 radical (unpaired) electrons. The highest BCUT2D eigenvalue weighted by molar-refractivity contribution is 5.94. The normalized spacial score (nSPS) is 10.6. The maximum Gasteiger partial charge on any atom is 0.277 e. The van der Waals surface area contributed by atoms with Crippen molar-refractivity contribution < 1.29 is 18.5 Å². The molecule has 0 fully saturated rings. The summed E-state index contributed by atoms with van der Waals surface area (Å²) in [6, 6.07) is 3.64. The Bertz CT molecular complexity index is 512. The summed E-state index contributed by atoms with van der Waals surface area (Å²) in [6.07, 6.45) is 0. The van der Waals surface area contributed by atoms with E-state index in [1.165, 1.54) is 19.1 Å². The first-order valence-corrected chi connectivity index (χ1v) is 5.38. The van der Waals surface area contributed by atoms with Gasteiger partial charge in [0.2, 0.25) is 0 Å². The van der Waals surface area contributed by atoms with Gasteiger partial charge in [-0.2, -0.15) is 0 Å². The number of carbonyl (C=O) groups excluding carboxylic acids is 1. The van der Waals surface area contributed by atoms with Crippen LogP contribution in [0.25, 0.3) is 0 Å². The molecule has 9 heteroatoms. The van der Waals surface area contributed by atoms with Crippen LogP contribution in [0, 0.1) is 17.0 Å². The summed E-state index contributed by atoms with van der Waals surface area (Å²) in [5.74, 6) is -3.91. The van der Waals surface area contributed by atoms with Gasteiger partial charge in [0.25, 0.3) is 17.5 Å². The fraction of sp³-hybridized carbons (Fsp3) is 0.364. The fourth-order valence-electron chi connectivity index (χ4n) is 1.39. The van der Waals surface area contributed by atoms with Crippen LogP contribution in [-0.2, 0) is 0 Å². The SMILES string of the molecule is Cc1cc(C(=O)NCC(F)(F)CN)ccc1[N+](=O)[O-].Cl. The van der Waals surface area contributed by atoms with Crippen LogP contribution in [0.2, 0.25) is 0 Å².